The minimum Gasteiger partial charge on any atom is -0.355 e. The molecule has 0 aliphatic carbocycles. The van der Waals surface area contributed by atoms with Crippen LogP contribution in [0.25, 0.3) is 6.08 Å². The number of carbonyl (C=O) groups is 2. The normalized spacial score (nSPS) is 20.1. The number of benzene rings is 2. The quantitative estimate of drug-likeness (QED) is 0.442. The summed E-state index contributed by atoms with van der Waals surface area (Å²) in [7, 11) is 0. The summed E-state index contributed by atoms with van der Waals surface area (Å²) in [5.74, 6) is 0.459. The summed E-state index contributed by atoms with van der Waals surface area (Å²) in [5.41, 5.74) is 1.67. The van der Waals surface area contributed by atoms with E-state index in [4.69, 9.17) is 11.6 Å². The fourth-order valence-electron chi connectivity index (χ4n) is 4.35. The molecule has 1 fully saturated rings. The molecule has 0 spiro atoms. The number of para-hydroxylation sites is 1. The zero-order valence-corrected chi connectivity index (χ0v) is 20.5. The van der Waals surface area contributed by atoms with Gasteiger partial charge in [0.1, 0.15) is 6.54 Å². The van der Waals surface area contributed by atoms with Crippen molar-refractivity contribution in [1.82, 2.24) is 10.2 Å². The third-order valence-corrected chi connectivity index (χ3v) is 7.35. The Morgan fingerprint density at radius 3 is 2.79 bits per heavy atom. The van der Waals surface area contributed by atoms with Gasteiger partial charge in [0.25, 0.3) is 5.91 Å². The van der Waals surface area contributed by atoms with Gasteiger partial charge in [-0.1, -0.05) is 54.6 Å². The highest BCUT2D eigenvalue weighted by Gasteiger charge is 2.30. The molecule has 2 aromatic rings. The first-order valence-electron chi connectivity index (χ1n) is 11.5. The van der Waals surface area contributed by atoms with E-state index in [1.54, 1.807) is 17.0 Å². The van der Waals surface area contributed by atoms with E-state index in [2.05, 4.69) is 17.1 Å². The van der Waals surface area contributed by atoms with Gasteiger partial charge >= 0.3 is 0 Å². The first kappa shape index (κ1) is 23.9. The van der Waals surface area contributed by atoms with Gasteiger partial charge in [-0.3, -0.25) is 14.5 Å². The fourth-order valence-corrected chi connectivity index (χ4v) is 5.53. The highest BCUT2D eigenvalue weighted by Crippen LogP contribution is 2.41. The number of amides is 2. The second kappa shape index (κ2) is 11.2. The zero-order valence-electron chi connectivity index (χ0n) is 18.9. The molecule has 1 unspecified atom stereocenters. The van der Waals surface area contributed by atoms with E-state index < -0.39 is 0 Å². The van der Waals surface area contributed by atoms with Gasteiger partial charge in [-0.05, 0) is 74.2 Å². The van der Waals surface area contributed by atoms with Crippen LogP contribution in [-0.2, 0) is 9.59 Å². The third kappa shape index (κ3) is 6.40. The van der Waals surface area contributed by atoms with Gasteiger partial charge in [0.15, 0.2) is 0 Å². The number of hydrogen-bond donors (Lipinski definition) is 1. The number of thioether (sulfide) groups is 1. The van der Waals surface area contributed by atoms with Crippen molar-refractivity contribution in [2.75, 3.05) is 37.6 Å². The second-order valence-electron chi connectivity index (χ2n) is 8.77. The van der Waals surface area contributed by atoms with Gasteiger partial charge in [-0.15, -0.1) is 0 Å². The van der Waals surface area contributed by atoms with Crippen molar-refractivity contribution in [1.29, 1.82) is 0 Å². The first-order chi connectivity index (χ1) is 16.0. The Bertz CT molecular complexity index is 1020. The lowest BCUT2D eigenvalue weighted by Crippen LogP contribution is -2.43. The van der Waals surface area contributed by atoms with Crippen LogP contribution < -0.4 is 10.2 Å². The molecule has 2 heterocycles. The first-order valence-corrected chi connectivity index (χ1v) is 12.7. The Labute approximate surface area is 205 Å². The second-order valence-corrected chi connectivity index (χ2v) is 10.3. The maximum Gasteiger partial charge on any atom is 0.265 e. The van der Waals surface area contributed by atoms with Crippen LogP contribution in [0.15, 0.2) is 58.3 Å². The summed E-state index contributed by atoms with van der Waals surface area (Å²) in [6.07, 6.45) is 5.34. The van der Waals surface area contributed by atoms with Crippen LogP contribution in [0.2, 0.25) is 5.02 Å². The molecule has 33 heavy (non-hydrogen) atoms. The van der Waals surface area contributed by atoms with Gasteiger partial charge in [0.2, 0.25) is 5.91 Å². The monoisotopic (exact) mass is 483 g/mol. The number of nitrogens with one attached hydrogen (secondary N) is 1. The summed E-state index contributed by atoms with van der Waals surface area (Å²) < 4.78 is 0. The number of fused-ring (bicyclic) bond motifs is 1. The number of hydrogen-bond acceptors (Lipinski definition) is 4. The smallest absolute Gasteiger partial charge is 0.265 e. The van der Waals surface area contributed by atoms with Crippen molar-refractivity contribution < 1.29 is 9.59 Å². The van der Waals surface area contributed by atoms with E-state index in [9.17, 15) is 9.59 Å². The van der Waals surface area contributed by atoms with Crippen LogP contribution in [0.3, 0.4) is 0 Å². The Hall–Kier alpha value is -2.28. The molecular weight excluding hydrogens is 454 g/mol. The number of carbonyl (C=O) groups excluding carboxylic acids is 2. The molecule has 0 radical (unpaired) electrons. The van der Waals surface area contributed by atoms with Gasteiger partial charge in [0, 0.05) is 23.0 Å². The van der Waals surface area contributed by atoms with E-state index in [1.165, 1.54) is 24.6 Å². The Kier molecular flexibility index (Phi) is 8.12. The van der Waals surface area contributed by atoms with E-state index in [0.717, 1.165) is 48.1 Å². The molecule has 2 amide bonds. The average Bonchev–Trinajstić information content (AvgIpc) is 2.81. The Balaban J connectivity index is 1.38. The summed E-state index contributed by atoms with van der Waals surface area (Å²) in [5, 5.41) is 3.65. The van der Waals surface area contributed by atoms with Crippen molar-refractivity contribution in [3.05, 3.63) is 64.0 Å². The summed E-state index contributed by atoms with van der Waals surface area (Å²) in [6.45, 7) is 6.23. The Morgan fingerprint density at radius 1 is 1.21 bits per heavy atom. The number of anilines is 1. The van der Waals surface area contributed by atoms with Gasteiger partial charge in [-0.25, -0.2) is 0 Å². The molecule has 2 aliphatic heterocycles. The fraction of sp³-hybridized carbons (Fsp3) is 0.385. The van der Waals surface area contributed by atoms with E-state index in [-0.39, 0.29) is 18.4 Å². The highest BCUT2D eigenvalue weighted by molar-refractivity contribution is 8.04. The molecule has 174 valence electrons. The number of piperidine rings is 1. The molecule has 1 saturated heterocycles. The lowest BCUT2D eigenvalue weighted by molar-refractivity contribution is -0.122. The summed E-state index contributed by atoms with van der Waals surface area (Å²) in [4.78, 5) is 31.6. The molecule has 2 aliphatic rings. The van der Waals surface area contributed by atoms with Gasteiger partial charge < -0.3 is 10.2 Å². The maximum absolute atomic E-state index is 13.3. The molecule has 1 N–H and O–H groups in total. The van der Waals surface area contributed by atoms with Crippen LogP contribution in [0, 0.1) is 5.92 Å². The lowest BCUT2D eigenvalue weighted by atomic mass is 10.0. The number of likely N-dealkylation sites (tertiary alicyclic amines) is 1. The van der Waals surface area contributed by atoms with E-state index in [1.807, 2.05) is 42.5 Å². The van der Waals surface area contributed by atoms with Crippen molar-refractivity contribution >= 4 is 46.9 Å². The van der Waals surface area contributed by atoms with E-state index in [0.29, 0.717) is 16.5 Å². The van der Waals surface area contributed by atoms with Crippen LogP contribution in [0.4, 0.5) is 5.69 Å². The van der Waals surface area contributed by atoms with Crippen molar-refractivity contribution in [2.45, 2.75) is 31.1 Å². The standard InChI is InChI=1S/C26H30ClN3O2S/c1-19-6-4-14-29(17-19)15-5-13-28-25(31)18-30-22-7-2-3-8-23(22)33-24(26(30)32)16-20-9-11-21(27)12-10-20/h2-3,7-12,16,19H,4-6,13-15,17-18H2,1H3,(H,28,31)/b24-16+. The summed E-state index contributed by atoms with van der Waals surface area (Å²) in [6, 6.07) is 15.1. The van der Waals surface area contributed by atoms with Gasteiger partial charge in [0.05, 0.1) is 10.6 Å². The number of halogens is 1. The lowest BCUT2D eigenvalue weighted by Gasteiger charge is -2.31. The zero-order chi connectivity index (χ0) is 23.2. The largest absolute Gasteiger partial charge is 0.355 e. The van der Waals surface area contributed by atoms with Crippen LogP contribution >= 0.6 is 23.4 Å². The number of rotatable bonds is 7. The summed E-state index contributed by atoms with van der Waals surface area (Å²) >= 11 is 7.42. The molecule has 0 bridgehead atoms. The van der Waals surface area contributed by atoms with Gasteiger partial charge in [-0.2, -0.15) is 0 Å². The van der Waals surface area contributed by atoms with Crippen molar-refractivity contribution in [2.24, 2.45) is 5.92 Å². The molecule has 2 aromatic carbocycles. The van der Waals surface area contributed by atoms with Crippen molar-refractivity contribution in [3.8, 4) is 0 Å². The molecule has 7 heteroatoms. The molecule has 4 rings (SSSR count). The maximum atomic E-state index is 13.3. The van der Waals surface area contributed by atoms with Crippen LogP contribution in [0.5, 0.6) is 0 Å². The SMILES string of the molecule is CC1CCCN(CCCNC(=O)CN2C(=O)/C(=C\c3ccc(Cl)cc3)Sc3ccccc32)C1. The minimum atomic E-state index is -0.161. The van der Waals surface area contributed by atoms with E-state index >= 15 is 0 Å². The molecular formula is C26H30ClN3O2S. The van der Waals surface area contributed by atoms with Crippen molar-refractivity contribution in [3.63, 3.8) is 0 Å². The molecule has 0 aromatic heterocycles. The third-order valence-electron chi connectivity index (χ3n) is 6.02. The minimum absolute atomic E-state index is 0.00904. The van der Waals surface area contributed by atoms with Crippen LogP contribution in [0.1, 0.15) is 31.7 Å². The molecule has 1 atom stereocenters. The predicted octanol–water partition coefficient (Wildman–Crippen LogP) is 5.06. The number of nitrogens with zero attached hydrogens (tertiary/aromatic N) is 2. The topological polar surface area (TPSA) is 52.7 Å². The predicted molar refractivity (Wildman–Crippen MR) is 137 cm³/mol. The average molecular weight is 484 g/mol. The highest BCUT2D eigenvalue weighted by atomic mass is 35.5. The molecule has 5 nitrogen and oxygen atoms in total. The molecule has 0 saturated carbocycles. The Morgan fingerprint density at radius 2 is 2.00 bits per heavy atom. The van der Waals surface area contributed by atoms with Crippen LogP contribution in [-0.4, -0.2) is 49.4 Å².